The average Bonchev–Trinajstić information content (AvgIpc) is 2.97. The number of rotatable bonds is 3. The van der Waals surface area contributed by atoms with E-state index in [0.29, 0.717) is 13.0 Å². The molecule has 0 N–H and O–H groups in total. The highest BCUT2D eigenvalue weighted by atomic mass is 79.9. The van der Waals surface area contributed by atoms with E-state index in [4.69, 9.17) is 4.74 Å². The Hall–Kier alpha value is -0.170. The Bertz CT molecular complexity index is 674. The van der Waals surface area contributed by atoms with Crippen LogP contribution in [0, 0.1) is 0 Å². The zero-order chi connectivity index (χ0) is 14.3. The molecule has 1 aromatic heterocycles. The monoisotopic (exact) mass is 478 g/mol. The van der Waals surface area contributed by atoms with Crippen LogP contribution in [0.25, 0.3) is 0 Å². The summed E-state index contributed by atoms with van der Waals surface area (Å²) in [5.41, 5.74) is 2.13. The Balaban J connectivity index is 1.90. The number of ether oxygens (including phenoxy) is 1. The lowest BCUT2D eigenvalue weighted by molar-refractivity contribution is 0.0996. The summed E-state index contributed by atoms with van der Waals surface area (Å²) in [4.78, 5) is 13.1. The van der Waals surface area contributed by atoms with Crippen molar-refractivity contribution in [2.75, 3.05) is 6.61 Å². The maximum Gasteiger partial charge on any atom is 0.177 e. The van der Waals surface area contributed by atoms with Crippen LogP contribution in [0.3, 0.4) is 0 Å². The quantitative estimate of drug-likeness (QED) is 0.550. The van der Waals surface area contributed by atoms with Gasteiger partial charge < -0.3 is 4.74 Å². The van der Waals surface area contributed by atoms with E-state index >= 15 is 0 Å². The summed E-state index contributed by atoms with van der Waals surface area (Å²) in [7, 11) is 0. The number of halogens is 3. The SMILES string of the molecule is O=C(Cc1cc(Br)cc2c1OCC2)c1cc(Br)c(Br)s1. The summed E-state index contributed by atoms with van der Waals surface area (Å²) in [5, 5.41) is 0. The summed E-state index contributed by atoms with van der Waals surface area (Å²) >= 11 is 11.8. The summed E-state index contributed by atoms with van der Waals surface area (Å²) < 4.78 is 8.52. The third-order valence-electron chi connectivity index (χ3n) is 3.10. The van der Waals surface area contributed by atoms with Gasteiger partial charge in [0.2, 0.25) is 0 Å². The highest BCUT2D eigenvalue weighted by molar-refractivity contribution is 9.13. The predicted octanol–water partition coefficient (Wildman–Crippen LogP) is 5.40. The molecule has 3 rings (SSSR count). The van der Waals surface area contributed by atoms with Crippen molar-refractivity contribution in [1.29, 1.82) is 0 Å². The number of Topliss-reactive ketones (excluding diaryl/α,β-unsaturated/α-hetero) is 1. The van der Waals surface area contributed by atoms with Gasteiger partial charge in [0.15, 0.2) is 5.78 Å². The van der Waals surface area contributed by atoms with Crippen molar-refractivity contribution in [1.82, 2.24) is 0 Å². The standard InChI is InChI=1S/C14H9Br3O2S/c15-9-3-7-1-2-19-13(7)8(4-9)5-11(18)12-6-10(16)14(17)20-12/h3-4,6H,1-2,5H2. The topological polar surface area (TPSA) is 26.3 Å². The van der Waals surface area contributed by atoms with Gasteiger partial charge in [-0.3, -0.25) is 4.79 Å². The van der Waals surface area contributed by atoms with E-state index in [1.54, 1.807) is 0 Å². The fraction of sp³-hybridized carbons (Fsp3) is 0.214. The third kappa shape index (κ3) is 2.89. The molecule has 0 spiro atoms. The Labute approximate surface area is 145 Å². The van der Waals surface area contributed by atoms with Gasteiger partial charge in [0.05, 0.1) is 15.3 Å². The first kappa shape index (κ1) is 14.8. The van der Waals surface area contributed by atoms with Gasteiger partial charge in [-0.2, -0.15) is 0 Å². The molecule has 2 nitrogen and oxygen atoms in total. The molecule has 1 aromatic carbocycles. The van der Waals surface area contributed by atoms with Gasteiger partial charge in [-0.1, -0.05) is 15.9 Å². The molecule has 0 fully saturated rings. The van der Waals surface area contributed by atoms with Crippen molar-refractivity contribution in [2.24, 2.45) is 0 Å². The molecule has 104 valence electrons. The van der Waals surface area contributed by atoms with Crippen LogP contribution < -0.4 is 4.74 Å². The van der Waals surface area contributed by atoms with Crippen LogP contribution in [0.1, 0.15) is 20.8 Å². The molecule has 1 aliphatic heterocycles. The van der Waals surface area contributed by atoms with E-state index in [1.165, 1.54) is 16.9 Å². The van der Waals surface area contributed by atoms with Crippen LogP contribution in [0.15, 0.2) is 30.9 Å². The first-order valence-corrected chi connectivity index (χ1v) is 9.16. The Morgan fingerprint density at radius 2 is 2.05 bits per heavy atom. The van der Waals surface area contributed by atoms with E-state index < -0.39 is 0 Å². The van der Waals surface area contributed by atoms with Gasteiger partial charge in [-0.15, -0.1) is 11.3 Å². The molecule has 0 saturated carbocycles. The average molecular weight is 481 g/mol. The van der Waals surface area contributed by atoms with Crippen molar-refractivity contribution < 1.29 is 9.53 Å². The lowest BCUT2D eigenvalue weighted by atomic mass is 10.0. The van der Waals surface area contributed by atoms with Crippen LogP contribution in [0.2, 0.25) is 0 Å². The maximum atomic E-state index is 12.4. The fourth-order valence-electron chi connectivity index (χ4n) is 2.22. The number of fused-ring (bicyclic) bond motifs is 1. The van der Waals surface area contributed by atoms with Crippen LogP contribution >= 0.6 is 59.1 Å². The van der Waals surface area contributed by atoms with E-state index in [2.05, 4.69) is 53.9 Å². The normalized spacial score (nSPS) is 13.2. The van der Waals surface area contributed by atoms with Gasteiger partial charge >= 0.3 is 0 Å². The minimum atomic E-state index is 0.109. The predicted molar refractivity (Wildman–Crippen MR) is 91.1 cm³/mol. The van der Waals surface area contributed by atoms with Gasteiger partial charge in [0, 0.05) is 27.4 Å². The second-order valence-electron chi connectivity index (χ2n) is 4.48. The molecule has 0 radical (unpaired) electrons. The first-order chi connectivity index (χ1) is 9.54. The molecule has 0 bridgehead atoms. The Morgan fingerprint density at radius 1 is 1.25 bits per heavy atom. The summed E-state index contributed by atoms with van der Waals surface area (Å²) in [6, 6.07) is 5.89. The molecule has 20 heavy (non-hydrogen) atoms. The second kappa shape index (κ2) is 5.91. The number of ketones is 1. The molecular formula is C14H9Br3O2S. The summed E-state index contributed by atoms with van der Waals surface area (Å²) in [6.45, 7) is 0.697. The van der Waals surface area contributed by atoms with E-state index in [0.717, 1.165) is 35.3 Å². The van der Waals surface area contributed by atoms with Gasteiger partial charge in [-0.05, 0) is 55.6 Å². The summed E-state index contributed by atoms with van der Waals surface area (Å²) in [6.07, 6.45) is 1.27. The van der Waals surface area contributed by atoms with Crippen LogP contribution in [-0.4, -0.2) is 12.4 Å². The molecule has 2 heterocycles. The van der Waals surface area contributed by atoms with Crippen LogP contribution in [-0.2, 0) is 12.8 Å². The van der Waals surface area contributed by atoms with Crippen molar-refractivity contribution in [3.8, 4) is 5.75 Å². The molecule has 0 amide bonds. The van der Waals surface area contributed by atoms with Gasteiger partial charge in [-0.25, -0.2) is 0 Å². The highest BCUT2D eigenvalue weighted by Crippen LogP contribution is 2.36. The Kier molecular flexibility index (Phi) is 4.36. The first-order valence-electron chi connectivity index (χ1n) is 5.96. The zero-order valence-corrected chi connectivity index (χ0v) is 15.8. The number of carbonyl (C=O) groups is 1. The molecule has 6 heteroatoms. The molecule has 0 saturated heterocycles. The fourth-order valence-corrected chi connectivity index (χ4v) is 4.75. The molecule has 1 aliphatic rings. The molecule has 0 aliphatic carbocycles. The van der Waals surface area contributed by atoms with Gasteiger partial charge in [0.25, 0.3) is 0 Å². The van der Waals surface area contributed by atoms with Crippen LogP contribution in [0.5, 0.6) is 5.75 Å². The molecular weight excluding hydrogens is 472 g/mol. The lowest BCUT2D eigenvalue weighted by Crippen LogP contribution is -2.03. The maximum absolute atomic E-state index is 12.4. The minimum absolute atomic E-state index is 0.109. The van der Waals surface area contributed by atoms with Crippen molar-refractivity contribution >= 4 is 64.9 Å². The number of carbonyl (C=O) groups excluding carboxylic acids is 1. The largest absolute Gasteiger partial charge is 0.493 e. The number of benzene rings is 1. The molecule has 0 unspecified atom stereocenters. The number of thiophene rings is 1. The minimum Gasteiger partial charge on any atom is -0.493 e. The number of hydrogen-bond donors (Lipinski definition) is 0. The molecule has 0 atom stereocenters. The van der Waals surface area contributed by atoms with Crippen LogP contribution in [0.4, 0.5) is 0 Å². The number of hydrogen-bond acceptors (Lipinski definition) is 3. The van der Waals surface area contributed by atoms with Gasteiger partial charge in [0.1, 0.15) is 5.75 Å². The van der Waals surface area contributed by atoms with E-state index in [1.807, 2.05) is 12.1 Å². The van der Waals surface area contributed by atoms with Crippen molar-refractivity contribution in [2.45, 2.75) is 12.8 Å². The highest BCUT2D eigenvalue weighted by Gasteiger charge is 2.21. The zero-order valence-electron chi connectivity index (χ0n) is 10.2. The summed E-state index contributed by atoms with van der Waals surface area (Å²) in [5.74, 6) is 0.994. The second-order valence-corrected chi connectivity index (χ2v) is 8.62. The molecule has 2 aromatic rings. The smallest absolute Gasteiger partial charge is 0.177 e. The van der Waals surface area contributed by atoms with E-state index in [-0.39, 0.29) is 5.78 Å². The third-order valence-corrected chi connectivity index (χ3v) is 6.85. The Morgan fingerprint density at radius 3 is 2.75 bits per heavy atom. The van der Waals surface area contributed by atoms with Crippen molar-refractivity contribution in [3.63, 3.8) is 0 Å². The van der Waals surface area contributed by atoms with E-state index in [9.17, 15) is 4.79 Å². The lowest BCUT2D eigenvalue weighted by Gasteiger charge is -2.08. The van der Waals surface area contributed by atoms with Crippen molar-refractivity contribution in [3.05, 3.63) is 46.9 Å².